The Labute approximate surface area is 132 Å². The maximum Gasteiger partial charge on any atom is 0.319 e. The van der Waals surface area contributed by atoms with Gasteiger partial charge in [-0.15, -0.1) is 0 Å². The van der Waals surface area contributed by atoms with Crippen LogP contribution in [-0.2, 0) is 4.79 Å². The second kappa shape index (κ2) is 7.94. The highest BCUT2D eigenvalue weighted by Gasteiger charge is 2.26. The first kappa shape index (κ1) is 18.2. The summed E-state index contributed by atoms with van der Waals surface area (Å²) >= 11 is 0. The molecule has 1 rings (SSSR count). The molecular formula is C17H28N3O2+. The number of imide groups is 1. The molecule has 122 valence electrons. The molecule has 0 aliphatic heterocycles. The minimum atomic E-state index is -0.812. The molecule has 0 fully saturated rings. The fraction of sp³-hybridized carbons (Fsp3) is 0.529. The number of amides is 3. The topological polar surface area (TPSA) is 88.8 Å². The Bertz CT molecular complexity index is 509. The first-order chi connectivity index (χ1) is 10.2. The van der Waals surface area contributed by atoms with Crippen molar-refractivity contribution < 1.29 is 14.9 Å². The number of benzene rings is 1. The van der Waals surface area contributed by atoms with E-state index >= 15 is 0 Å². The van der Waals surface area contributed by atoms with E-state index in [1.165, 1.54) is 11.1 Å². The molecule has 5 N–H and O–H groups in total. The molecule has 0 saturated carbocycles. The maximum atomic E-state index is 11.8. The summed E-state index contributed by atoms with van der Waals surface area (Å²) in [6.07, 6.45) is 0. The van der Waals surface area contributed by atoms with E-state index in [-0.39, 0.29) is 18.0 Å². The minimum Gasteiger partial charge on any atom is -0.351 e. The molecule has 2 atom stereocenters. The van der Waals surface area contributed by atoms with E-state index < -0.39 is 6.03 Å². The van der Waals surface area contributed by atoms with Crippen LogP contribution < -0.4 is 16.4 Å². The first-order valence-corrected chi connectivity index (χ1v) is 7.77. The van der Waals surface area contributed by atoms with Crippen molar-refractivity contribution in [1.29, 1.82) is 0 Å². The van der Waals surface area contributed by atoms with Gasteiger partial charge in [0.05, 0.1) is 0 Å². The van der Waals surface area contributed by atoms with Gasteiger partial charge in [-0.1, -0.05) is 52.0 Å². The number of carbonyl (C=O) groups excluding carboxylic acids is 2. The maximum absolute atomic E-state index is 11.8. The predicted molar refractivity (Wildman–Crippen MR) is 87.2 cm³/mol. The molecule has 0 aliphatic carbocycles. The fourth-order valence-electron chi connectivity index (χ4n) is 2.46. The van der Waals surface area contributed by atoms with Crippen LogP contribution in [-0.4, -0.2) is 18.0 Å². The van der Waals surface area contributed by atoms with Gasteiger partial charge in [0.1, 0.15) is 6.04 Å². The van der Waals surface area contributed by atoms with Crippen LogP contribution in [0.1, 0.15) is 57.7 Å². The summed E-state index contributed by atoms with van der Waals surface area (Å²) in [6.45, 7) is 10.3. The van der Waals surface area contributed by atoms with E-state index in [0.717, 1.165) is 0 Å². The minimum absolute atomic E-state index is 0.148. The lowest BCUT2D eigenvalue weighted by atomic mass is 9.93. The molecule has 3 amide bonds. The third-order valence-electron chi connectivity index (χ3n) is 3.86. The molecule has 22 heavy (non-hydrogen) atoms. The van der Waals surface area contributed by atoms with Crippen LogP contribution in [0.2, 0.25) is 0 Å². The van der Waals surface area contributed by atoms with E-state index in [1.54, 1.807) is 6.92 Å². The van der Waals surface area contributed by atoms with Crippen molar-refractivity contribution in [3.8, 4) is 0 Å². The van der Waals surface area contributed by atoms with Gasteiger partial charge in [0, 0.05) is 11.5 Å². The second-order valence-corrected chi connectivity index (χ2v) is 6.43. The third-order valence-corrected chi connectivity index (χ3v) is 3.86. The average Bonchev–Trinajstić information content (AvgIpc) is 2.43. The SMILES string of the molecule is CC(C)c1ccc([C@@H]([NH2+][C@H](C)C(=O)NC(N)=O)C(C)C)cc1. The van der Waals surface area contributed by atoms with Gasteiger partial charge < -0.3 is 11.1 Å². The Morgan fingerprint density at radius 3 is 1.91 bits per heavy atom. The largest absolute Gasteiger partial charge is 0.351 e. The molecule has 0 heterocycles. The van der Waals surface area contributed by atoms with Gasteiger partial charge in [-0.2, -0.15) is 0 Å². The van der Waals surface area contributed by atoms with E-state index in [0.29, 0.717) is 11.8 Å². The Morgan fingerprint density at radius 1 is 1.00 bits per heavy atom. The molecule has 5 nitrogen and oxygen atoms in total. The highest BCUT2D eigenvalue weighted by molar-refractivity contribution is 5.95. The predicted octanol–water partition coefficient (Wildman–Crippen LogP) is 1.65. The van der Waals surface area contributed by atoms with Crippen LogP contribution in [0.15, 0.2) is 24.3 Å². The lowest BCUT2D eigenvalue weighted by Gasteiger charge is -2.23. The van der Waals surface area contributed by atoms with Gasteiger partial charge in [0.2, 0.25) is 0 Å². The van der Waals surface area contributed by atoms with Crippen LogP contribution in [0.4, 0.5) is 4.79 Å². The summed E-state index contributed by atoms with van der Waals surface area (Å²) in [7, 11) is 0. The molecular weight excluding hydrogens is 278 g/mol. The summed E-state index contributed by atoms with van der Waals surface area (Å²) in [5.74, 6) is 0.487. The number of primary amides is 1. The fourth-order valence-corrected chi connectivity index (χ4v) is 2.46. The smallest absolute Gasteiger partial charge is 0.319 e. The van der Waals surface area contributed by atoms with Crippen LogP contribution in [0.5, 0.6) is 0 Å². The average molecular weight is 306 g/mol. The van der Waals surface area contributed by atoms with Crippen molar-refractivity contribution in [3.05, 3.63) is 35.4 Å². The van der Waals surface area contributed by atoms with Crippen LogP contribution in [0, 0.1) is 5.92 Å². The third kappa shape index (κ3) is 5.15. The quantitative estimate of drug-likeness (QED) is 0.746. The molecule has 0 radical (unpaired) electrons. The van der Waals surface area contributed by atoms with E-state index in [9.17, 15) is 9.59 Å². The Balaban J connectivity index is 2.85. The van der Waals surface area contributed by atoms with Crippen LogP contribution in [0.25, 0.3) is 0 Å². The van der Waals surface area contributed by atoms with Crippen molar-refractivity contribution >= 4 is 11.9 Å². The molecule has 1 aromatic rings. The highest BCUT2D eigenvalue weighted by Crippen LogP contribution is 2.21. The second-order valence-electron chi connectivity index (χ2n) is 6.43. The number of nitrogens with two attached hydrogens (primary N) is 2. The normalized spacial score (nSPS) is 14.0. The molecule has 0 bridgehead atoms. The molecule has 0 saturated heterocycles. The number of rotatable bonds is 6. The highest BCUT2D eigenvalue weighted by atomic mass is 16.2. The zero-order valence-corrected chi connectivity index (χ0v) is 14.1. The number of hydrogen-bond donors (Lipinski definition) is 3. The number of hydrogen-bond acceptors (Lipinski definition) is 2. The Morgan fingerprint density at radius 2 is 1.50 bits per heavy atom. The van der Waals surface area contributed by atoms with Crippen molar-refractivity contribution in [2.75, 3.05) is 0 Å². The molecule has 0 spiro atoms. The summed E-state index contributed by atoms with van der Waals surface area (Å²) < 4.78 is 0. The standard InChI is InChI=1S/C17H27N3O2/c1-10(2)13-6-8-14(9-7-13)15(11(3)4)19-12(5)16(21)20-17(18)22/h6-12,15,19H,1-5H3,(H3,18,20,21,22)/p+1/t12-,15+/m1/s1. The van der Waals surface area contributed by atoms with Gasteiger partial charge in [-0.3, -0.25) is 10.1 Å². The van der Waals surface area contributed by atoms with Crippen molar-refractivity contribution in [2.45, 2.75) is 52.6 Å². The van der Waals surface area contributed by atoms with Crippen LogP contribution in [0.3, 0.4) is 0 Å². The van der Waals surface area contributed by atoms with Gasteiger partial charge in [0.15, 0.2) is 6.04 Å². The molecule has 0 aromatic heterocycles. The van der Waals surface area contributed by atoms with E-state index in [4.69, 9.17) is 5.73 Å². The van der Waals surface area contributed by atoms with Gasteiger partial charge in [-0.05, 0) is 18.4 Å². The van der Waals surface area contributed by atoms with Crippen molar-refractivity contribution in [2.24, 2.45) is 11.7 Å². The molecule has 1 aromatic carbocycles. The van der Waals surface area contributed by atoms with Gasteiger partial charge in [-0.25, -0.2) is 4.79 Å². The lowest BCUT2D eigenvalue weighted by molar-refractivity contribution is -0.719. The zero-order valence-electron chi connectivity index (χ0n) is 14.1. The summed E-state index contributed by atoms with van der Waals surface area (Å²) in [6, 6.07) is 7.46. The zero-order chi connectivity index (χ0) is 16.9. The molecule has 5 heteroatoms. The van der Waals surface area contributed by atoms with Gasteiger partial charge >= 0.3 is 6.03 Å². The number of nitrogens with one attached hydrogen (secondary N) is 1. The monoisotopic (exact) mass is 306 g/mol. The van der Waals surface area contributed by atoms with Crippen LogP contribution >= 0.6 is 0 Å². The molecule has 0 unspecified atom stereocenters. The molecule has 0 aliphatic rings. The Kier molecular flexibility index (Phi) is 6.56. The van der Waals surface area contributed by atoms with Crippen molar-refractivity contribution in [3.63, 3.8) is 0 Å². The summed E-state index contributed by atoms with van der Waals surface area (Å²) in [5, 5.41) is 4.11. The van der Waals surface area contributed by atoms with E-state index in [2.05, 4.69) is 57.3 Å². The van der Waals surface area contributed by atoms with Gasteiger partial charge in [0.25, 0.3) is 5.91 Å². The van der Waals surface area contributed by atoms with Crippen molar-refractivity contribution in [1.82, 2.24) is 5.32 Å². The lowest BCUT2D eigenvalue weighted by Crippen LogP contribution is -2.93. The Hall–Kier alpha value is -1.88. The van der Waals surface area contributed by atoms with E-state index in [1.807, 2.05) is 5.32 Å². The summed E-state index contributed by atoms with van der Waals surface area (Å²) in [5.41, 5.74) is 7.47. The number of quaternary nitrogens is 1. The first-order valence-electron chi connectivity index (χ1n) is 7.77. The summed E-state index contributed by atoms with van der Waals surface area (Å²) in [4.78, 5) is 22.6. The number of carbonyl (C=O) groups is 2. The number of urea groups is 1.